The molecule has 1 saturated carbocycles. The van der Waals surface area contributed by atoms with Gasteiger partial charge in [0.15, 0.2) is 0 Å². The average molecular weight is 262 g/mol. The van der Waals surface area contributed by atoms with Gasteiger partial charge in [-0.1, -0.05) is 49.6 Å². The Morgan fingerprint density at radius 3 is 2.32 bits per heavy atom. The lowest BCUT2D eigenvalue weighted by molar-refractivity contribution is -0.932. The largest absolute Gasteiger partial charge is 0.387 e. The second-order valence-electron chi connectivity index (χ2n) is 6.55. The zero-order valence-electron chi connectivity index (χ0n) is 12.4. The van der Waals surface area contributed by atoms with Crippen molar-refractivity contribution in [1.82, 2.24) is 0 Å². The quantitative estimate of drug-likeness (QED) is 0.828. The first-order valence-electron chi connectivity index (χ1n) is 7.64. The van der Waals surface area contributed by atoms with Crippen LogP contribution in [-0.4, -0.2) is 35.8 Å². The van der Waals surface area contributed by atoms with E-state index in [9.17, 15) is 5.11 Å². The summed E-state index contributed by atoms with van der Waals surface area (Å²) in [6.45, 7) is 1.00. The van der Waals surface area contributed by atoms with Crippen LogP contribution in [0.4, 0.5) is 0 Å². The number of aliphatic hydroxyl groups is 1. The van der Waals surface area contributed by atoms with E-state index in [0.717, 1.165) is 23.9 Å². The second kappa shape index (κ2) is 6.53. The molecule has 0 saturated heterocycles. The van der Waals surface area contributed by atoms with Crippen molar-refractivity contribution in [2.24, 2.45) is 0 Å². The molecule has 1 fully saturated rings. The molecule has 2 nitrogen and oxygen atoms in total. The molecule has 19 heavy (non-hydrogen) atoms. The second-order valence-corrected chi connectivity index (χ2v) is 6.55. The highest BCUT2D eigenvalue weighted by Gasteiger charge is 2.34. The zero-order chi connectivity index (χ0) is 13.7. The molecule has 1 aromatic rings. The number of rotatable bonds is 3. The molecule has 2 rings (SSSR count). The van der Waals surface area contributed by atoms with Crippen LogP contribution in [0.15, 0.2) is 30.3 Å². The Labute approximate surface area is 117 Å². The minimum atomic E-state index is -0.140. The highest BCUT2D eigenvalue weighted by molar-refractivity contribution is 5.13. The summed E-state index contributed by atoms with van der Waals surface area (Å²) in [7, 11) is 4.53. The molecule has 2 atom stereocenters. The molecule has 0 heterocycles. The summed E-state index contributed by atoms with van der Waals surface area (Å²) in [5, 5.41) is 10.5. The summed E-state index contributed by atoms with van der Waals surface area (Å²) < 4.78 is 0.894. The van der Waals surface area contributed by atoms with Crippen molar-refractivity contribution in [1.29, 1.82) is 0 Å². The van der Waals surface area contributed by atoms with E-state index in [2.05, 4.69) is 44.4 Å². The maximum Gasteiger partial charge on any atom is 0.115 e. The minimum absolute atomic E-state index is 0.140. The number of benzene rings is 1. The Morgan fingerprint density at radius 2 is 1.63 bits per heavy atom. The molecule has 1 N–H and O–H groups in total. The van der Waals surface area contributed by atoms with Crippen molar-refractivity contribution in [2.45, 2.75) is 57.2 Å². The van der Waals surface area contributed by atoms with E-state index in [1.54, 1.807) is 0 Å². The van der Waals surface area contributed by atoms with E-state index in [4.69, 9.17) is 0 Å². The van der Waals surface area contributed by atoms with Gasteiger partial charge in [-0.25, -0.2) is 0 Å². The lowest BCUT2D eigenvalue weighted by atomic mass is 9.92. The van der Waals surface area contributed by atoms with E-state index in [1.165, 1.54) is 31.2 Å². The fraction of sp³-hybridized carbons (Fsp3) is 0.647. The van der Waals surface area contributed by atoms with E-state index in [-0.39, 0.29) is 6.10 Å². The number of likely N-dealkylation sites (N-methyl/N-ethyl adjacent to an activating group) is 1. The number of hydrogen-bond donors (Lipinski definition) is 1. The Balaban J connectivity index is 2.07. The van der Waals surface area contributed by atoms with Gasteiger partial charge in [0.1, 0.15) is 18.7 Å². The Bertz CT molecular complexity index is 374. The molecule has 2 unspecified atom stereocenters. The molecule has 0 aliphatic heterocycles. The van der Waals surface area contributed by atoms with Crippen LogP contribution >= 0.6 is 0 Å². The maximum absolute atomic E-state index is 10.5. The van der Waals surface area contributed by atoms with Crippen LogP contribution in [0.25, 0.3) is 0 Å². The summed E-state index contributed by atoms with van der Waals surface area (Å²) in [5.74, 6) is 0. The third-order valence-corrected chi connectivity index (χ3v) is 4.52. The SMILES string of the molecule is C[N+](C)(Cc1ccccc1)C1CCCCCCC1O. The zero-order valence-corrected chi connectivity index (χ0v) is 12.4. The lowest BCUT2D eigenvalue weighted by Gasteiger charge is -2.41. The molecule has 0 amide bonds. The molecule has 0 radical (unpaired) electrons. The maximum atomic E-state index is 10.5. The Hall–Kier alpha value is -0.860. The fourth-order valence-corrected chi connectivity index (χ4v) is 3.43. The van der Waals surface area contributed by atoms with Gasteiger partial charge in [-0.05, 0) is 12.8 Å². The number of aliphatic hydroxyl groups excluding tert-OH is 1. The predicted octanol–water partition coefficient (Wildman–Crippen LogP) is 3.35. The topological polar surface area (TPSA) is 20.2 Å². The van der Waals surface area contributed by atoms with Crippen molar-refractivity contribution in [3.8, 4) is 0 Å². The first kappa shape index (κ1) is 14.5. The molecule has 0 bridgehead atoms. The van der Waals surface area contributed by atoms with Gasteiger partial charge in [0.25, 0.3) is 0 Å². The Kier molecular flexibility index (Phi) is 5.00. The van der Waals surface area contributed by atoms with Gasteiger partial charge in [-0.3, -0.25) is 0 Å². The molecule has 1 aliphatic carbocycles. The first-order chi connectivity index (χ1) is 9.09. The van der Waals surface area contributed by atoms with Crippen LogP contribution in [0.2, 0.25) is 0 Å². The van der Waals surface area contributed by atoms with Gasteiger partial charge < -0.3 is 9.59 Å². The predicted molar refractivity (Wildman–Crippen MR) is 79.8 cm³/mol. The summed E-state index contributed by atoms with van der Waals surface area (Å²) in [6, 6.07) is 11.0. The van der Waals surface area contributed by atoms with Crippen LogP contribution in [0.1, 0.15) is 44.1 Å². The van der Waals surface area contributed by atoms with Crippen LogP contribution in [0.5, 0.6) is 0 Å². The van der Waals surface area contributed by atoms with Crippen LogP contribution < -0.4 is 0 Å². The highest BCUT2D eigenvalue weighted by Crippen LogP contribution is 2.26. The third kappa shape index (κ3) is 4.05. The van der Waals surface area contributed by atoms with Crippen molar-refractivity contribution in [2.75, 3.05) is 14.1 Å². The van der Waals surface area contributed by atoms with E-state index >= 15 is 0 Å². The van der Waals surface area contributed by atoms with E-state index < -0.39 is 0 Å². The average Bonchev–Trinajstić information content (AvgIpc) is 2.34. The lowest BCUT2D eigenvalue weighted by Crippen LogP contribution is -2.54. The first-order valence-corrected chi connectivity index (χ1v) is 7.64. The van der Waals surface area contributed by atoms with Crippen molar-refractivity contribution in [3.63, 3.8) is 0 Å². The standard InChI is InChI=1S/C17H28NO/c1-18(2,14-15-10-6-5-7-11-15)16-12-8-3-4-9-13-17(16)19/h5-7,10-11,16-17,19H,3-4,8-9,12-14H2,1-2H3/q+1. The summed E-state index contributed by atoms with van der Waals surface area (Å²) >= 11 is 0. The molecular weight excluding hydrogens is 234 g/mol. The van der Waals surface area contributed by atoms with Gasteiger partial charge in [0, 0.05) is 12.0 Å². The normalized spacial score (nSPS) is 25.6. The summed E-state index contributed by atoms with van der Waals surface area (Å²) in [4.78, 5) is 0. The molecule has 1 aromatic carbocycles. The summed E-state index contributed by atoms with van der Waals surface area (Å²) in [5.41, 5.74) is 1.36. The molecule has 2 heteroatoms. The molecule has 0 spiro atoms. The fourth-order valence-electron chi connectivity index (χ4n) is 3.43. The van der Waals surface area contributed by atoms with Gasteiger partial charge in [-0.2, -0.15) is 0 Å². The van der Waals surface area contributed by atoms with Crippen LogP contribution in [-0.2, 0) is 6.54 Å². The summed E-state index contributed by atoms with van der Waals surface area (Å²) in [6.07, 6.45) is 7.05. The number of nitrogens with zero attached hydrogens (tertiary/aromatic N) is 1. The third-order valence-electron chi connectivity index (χ3n) is 4.52. The van der Waals surface area contributed by atoms with Crippen molar-refractivity contribution >= 4 is 0 Å². The molecule has 0 aromatic heterocycles. The van der Waals surface area contributed by atoms with Gasteiger partial charge in [0.05, 0.1) is 14.1 Å². The van der Waals surface area contributed by atoms with Crippen molar-refractivity contribution < 1.29 is 9.59 Å². The van der Waals surface area contributed by atoms with Crippen LogP contribution in [0, 0.1) is 0 Å². The van der Waals surface area contributed by atoms with E-state index in [1.807, 2.05) is 0 Å². The molecule has 1 aliphatic rings. The van der Waals surface area contributed by atoms with Gasteiger partial charge >= 0.3 is 0 Å². The smallest absolute Gasteiger partial charge is 0.115 e. The van der Waals surface area contributed by atoms with Gasteiger partial charge in [0.2, 0.25) is 0 Å². The molecule has 106 valence electrons. The number of hydrogen-bond acceptors (Lipinski definition) is 1. The van der Waals surface area contributed by atoms with Crippen molar-refractivity contribution in [3.05, 3.63) is 35.9 Å². The molecular formula is C17H28NO+. The monoisotopic (exact) mass is 262 g/mol. The highest BCUT2D eigenvalue weighted by atomic mass is 16.3. The van der Waals surface area contributed by atoms with Crippen LogP contribution in [0.3, 0.4) is 0 Å². The van der Waals surface area contributed by atoms with Gasteiger partial charge in [-0.15, -0.1) is 0 Å². The Morgan fingerprint density at radius 1 is 1.00 bits per heavy atom. The van der Waals surface area contributed by atoms with E-state index in [0.29, 0.717) is 6.04 Å². The minimum Gasteiger partial charge on any atom is -0.387 e. The number of quaternary nitrogens is 1.